The van der Waals surface area contributed by atoms with Crippen LogP contribution in [0.1, 0.15) is 47.0 Å². The lowest BCUT2D eigenvalue weighted by Gasteiger charge is -2.48. The molecule has 2 aliphatic rings. The Kier molecular flexibility index (Phi) is 1.99. The van der Waals surface area contributed by atoms with Crippen LogP contribution < -0.4 is 5.32 Å². The quantitative estimate of drug-likeness (QED) is 0.606. The number of hydrogen-bond donors (Lipinski definition) is 1. The van der Waals surface area contributed by atoms with E-state index in [1.807, 2.05) is 0 Å². The average Bonchev–Trinajstić information content (AvgIpc) is 2.29. The Morgan fingerprint density at radius 2 is 1.85 bits per heavy atom. The molecule has 2 rings (SSSR count). The molecule has 0 spiro atoms. The van der Waals surface area contributed by atoms with E-state index in [2.05, 4.69) is 33.0 Å². The largest absolute Gasteiger partial charge is 0.314 e. The third kappa shape index (κ3) is 1.63. The summed E-state index contributed by atoms with van der Waals surface area (Å²) in [7, 11) is 0. The van der Waals surface area contributed by atoms with E-state index in [9.17, 15) is 0 Å². The molecule has 0 amide bonds. The van der Waals surface area contributed by atoms with E-state index >= 15 is 0 Å². The molecule has 0 radical (unpaired) electrons. The second-order valence-corrected chi connectivity index (χ2v) is 6.49. The van der Waals surface area contributed by atoms with Crippen LogP contribution in [0.25, 0.3) is 0 Å². The van der Waals surface area contributed by atoms with Crippen molar-refractivity contribution >= 4 is 0 Å². The van der Waals surface area contributed by atoms with Crippen LogP contribution in [0, 0.1) is 16.7 Å². The van der Waals surface area contributed by atoms with Crippen LogP contribution in [-0.4, -0.2) is 12.6 Å². The third-order valence-corrected chi connectivity index (χ3v) is 4.06. The van der Waals surface area contributed by atoms with Gasteiger partial charge in [0.15, 0.2) is 0 Å². The van der Waals surface area contributed by atoms with Crippen molar-refractivity contribution in [1.82, 2.24) is 5.32 Å². The lowest BCUT2D eigenvalue weighted by atomic mass is 9.58. The molecule has 1 nitrogen and oxygen atoms in total. The zero-order valence-electron chi connectivity index (χ0n) is 9.48. The number of nitrogens with one attached hydrogen (secondary N) is 1. The molecule has 2 fully saturated rings. The van der Waals surface area contributed by atoms with Crippen molar-refractivity contribution in [2.45, 2.75) is 53.0 Å². The normalized spacial score (nSPS) is 41.5. The zero-order valence-corrected chi connectivity index (χ0v) is 9.48. The second-order valence-electron chi connectivity index (χ2n) is 6.49. The van der Waals surface area contributed by atoms with E-state index in [0.29, 0.717) is 10.8 Å². The van der Waals surface area contributed by atoms with Gasteiger partial charge < -0.3 is 5.32 Å². The van der Waals surface area contributed by atoms with E-state index in [1.54, 1.807) is 0 Å². The van der Waals surface area contributed by atoms with E-state index in [1.165, 1.54) is 25.8 Å². The molecule has 1 aliphatic carbocycles. The molecule has 13 heavy (non-hydrogen) atoms. The molecule has 1 heteroatoms. The SMILES string of the molecule is CC1(C)CC2NCCC2C(C)(C)C1. The van der Waals surface area contributed by atoms with E-state index in [0.717, 1.165) is 12.0 Å². The monoisotopic (exact) mass is 181 g/mol. The van der Waals surface area contributed by atoms with Gasteiger partial charge in [-0.15, -0.1) is 0 Å². The minimum Gasteiger partial charge on any atom is -0.314 e. The summed E-state index contributed by atoms with van der Waals surface area (Å²) in [6, 6.07) is 0.804. The van der Waals surface area contributed by atoms with Crippen molar-refractivity contribution in [2.24, 2.45) is 16.7 Å². The van der Waals surface area contributed by atoms with Gasteiger partial charge in [0.05, 0.1) is 0 Å². The van der Waals surface area contributed by atoms with Crippen molar-refractivity contribution < 1.29 is 0 Å². The molecular formula is C12H23N. The summed E-state index contributed by atoms with van der Waals surface area (Å²) in [5.74, 6) is 0.931. The van der Waals surface area contributed by atoms with Gasteiger partial charge in [-0.1, -0.05) is 27.7 Å². The lowest BCUT2D eigenvalue weighted by Crippen LogP contribution is -2.46. The Hall–Kier alpha value is -0.0400. The Balaban J connectivity index is 2.21. The van der Waals surface area contributed by atoms with Gasteiger partial charge in [0.1, 0.15) is 0 Å². The van der Waals surface area contributed by atoms with Crippen LogP contribution in [0.15, 0.2) is 0 Å². The first-order valence-electron chi connectivity index (χ1n) is 5.64. The topological polar surface area (TPSA) is 12.0 Å². The fourth-order valence-corrected chi connectivity index (χ4v) is 3.95. The summed E-state index contributed by atoms with van der Waals surface area (Å²) in [6.07, 6.45) is 4.16. The molecule has 0 bridgehead atoms. The van der Waals surface area contributed by atoms with Crippen LogP contribution >= 0.6 is 0 Å². The Labute approximate surface area is 82.3 Å². The molecule has 2 unspecified atom stereocenters. The highest BCUT2D eigenvalue weighted by Gasteiger charge is 2.47. The van der Waals surface area contributed by atoms with Crippen LogP contribution in [-0.2, 0) is 0 Å². The molecule has 1 heterocycles. The summed E-state index contributed by atoms with van der Waals surface area (Å²) in [5, 5.41) is 3.67. The predicted molar refractivity (Wildman–Crippen MR) is 56.7 cm³/mol. The molecule has 1 N–H and O–H groups in total. The Morgan fingerprint density at radius 1 is 1.15 bits per heavy atom. The van der Waals surface area contributed by atoms with Crippen LogP contribution in [0.3, 0.4) is 0 Å². The van der Waals surface area contributed by atoms with Crippen LogP contribution in [0.5, 0.6) is 0 Å². The maximum atomic E-state index is 3.67. The summed E-state index contributed by atoms with van der Waals surface area (Å²) < 4.78 is 0. The van der Waals surface area contributed by atoms with Crippen molar-refractivity contribution in [2.75, 3.05) is 6.54 Å². The fraction of sp³-hybridized carbons (Fsp3) is 1.00. The smallest absolute Gasteiger partial charge is 0.0106 e. The predicted octanol–water partition coefficient (Wildman–Crippen LogP) is 2.81. The number of hydrogen-bond acceptors (Lipinski definition) is 1. The molecule has 1 aliphatic heterocycles. The number of fused-ring (bicyclic) bond motifs is 1. The summed E-state index contributed by atoms with van der Waals surface area (Å²) in [4.78, 5) is 0. The van der Waals surface area contributed by atoms with Crippen LogP contribution in [0.4, 0.5) is 0 Å². The molecular weight excluding hydrogens is 158 g/mol. The van der Waals surface area contributed by atoms with Gasteiger partial charge in [0.25, 0.3) is 0 Å². The maximum Gasteiger partial charge on any atom is 0.0106 e. The van der Waals surface area contributed by atoms with Gasteiger partial charge in [0, 0.05) is 6.04 Å². The minimum absolute atomic E-state index is 0.544. The first kappa shape index (κ1) is 9.51. The Bertz CT molecular complexity index is 205. The highest BCUT2D eigenvalue weighted by atomic mass is 15.0. The minimum atomic E-state index is 0.544. The molecule has 1 saturated carbocycles. The van der Waals surface area contributed by atoms with E-state index in [4.69, 9.17) is 0 Å². The zero-order chi connectivity index (χ0) is 9.69. The highest BCUT2D eigenvalue weighted by molar-refractivity contribution is 5.01. The molecule has 2 atom stereocenters. The van der Waals surface area contributed by atoms with Crippen molar-refractivity contribution in [3.05, 3.63) is 0 Å². The fourth-order valence-electron chi connectivity index (χ4n) is 3.95. The van der Waals surface area contributed by atoms with Crippen molar-refractivity contribution in [3.8, 4) is 0 Å². The standard InChI is InChI=1S/C12H23N/c1-11(2)7-10-9(5-6-13-10)12(3,4)8-11/h9-10,13H,5-8H2,1-4H3. The molecule has 76 valence electrons. The molecule has 0 aromatic rings. The van der Waals surface area contributed by atoms with Gasteiger partial charge >= 0.3 is 0 Å². The van der Waals surface area contributed by atoms with E-state index < -0.39 is 0 Å². The molecule has 0 aromatic heterocycles. The van der Waals surface area contributed by atoms with Gasteiger partial charge in [-0.05, 0) is 42.6 Å². The van der Waals surface area contributed by atoms with Crippen molar-refractivity contribution in [3.63, 3.8) is 0 Å². The van der Waals surface area contributed by atoms with Gasteiger partial charge in [-0.3, -0.25) is 0 Å². The summed E-state index contributed by atoms with van der Waals surface area (Å²) >= 11 is 0. The summed E-state index contributed by atoms with van der Waals surface area (Å²) in [6.45, 7) is 11.0. The second kappa shape index (κ2) is 2.73. The maximum absolute atomic E-state index is 3.67. The van der Waals surface area contributed by atoms with Crippen LogP contribution in [0.2, 0.25) is 0 Å². The van der Waals surface area contributed by atoms with Gasteiger partial charge in [0.2, 0.25) is 0 Å². The third-order valence-electron chi connectivity index (χ3n) is 4.06. The Morgan fingerprint density at radius 3 is 2.54 bits per heavy atom. The lowest BCUT2D eigenvalue weighted by molar-refractivity contribution is 0.0391. The van der Waals surface area contributed by atoms with Crippen molar-refractivity contribution in [1.29, 1.82) is 0 Å². The van der Waals surface area contributed by atoms with Gasteiger partial charge in [-0.2, -0.15) is 0 Å². The number of rotatable bonds is 0. The molecule has 1 saturated heterocycles. The van der Waals surface area contributed by atoms with E-state index in [-0.39, 0.29) is 0 Å². The summed E-state index contributed by atoms with van der Waals surface area (Å²) in [5.41, 5.74) is 1.10. The highest BCUT2D eigenvalue weighted by Crippen LogP contribution is 2.51. The van der Waals surface area contributed by atoms with Gasteiger partial charge in [-0.25, -0.2) is 0 Å². The molecule has 0 aromatic carbocycles. The average molecular weight is 181 g/mol. The first-order valence-corrected chi connectivity index (χ1v) is 5.64. The first-order chi connectivity index (χ1) is 5.91.